The van der Waals surface area contributed by atoms with Crippen LogP contribution in [0, 0.1) is 27.6 Å². The zero-order valence-electron chi connectivity index (χ0n) is 8.91. The van der Waals surface area contributed by atoms with E-state index in [9.17, 15) is 15.5 Å². The third kappa shape index (κ3) is 0.656. The third-order valence-corrected chi connectivity index (χ3v) is 5.24. The molecule has 0 heterocycles. The van der Waals surface area contributed by atoms with E-state index in [0.29, 0.717) is 6.42 Å². The Morgan fingerprint density at radius 1 is 1.14 bits per heavy atom. The molecule has 2 aliphatic rings. The first-order chi connectivity index (χ1) is 6.33. The predicted molar refractivity (Wildman–Crippen MR) is 51.2 cm³/mol. The molecule has 2 bridgehead atoms. The quantitative estimate of drug-likeness (QED) is 0.607. The summed E-state index contributed by atoms with van der Waals surface area (Å²) in [6.07, 6.45) is -0.121. The van der Waals surface area contributed by atoms with Gasteiger partial charge in [-0.05, 0) is 18.3 Å². The van der Waals surface area contributed by atoms with Gasteiger partial charge in [0.05, 0.1) is 23.7 Å². The van der Waals surface area contributed by atoms with Crippen LogP contribution in [0.5, 0.6) is 0 Å². The summed E-state index contributed by atoms with van der Waals surface area (Å²) < 4.78 is 0. The van der Waals surface area contributed by atoms with Crippen molar-refractivity contribution in [1.82, 2.24) is 0 Å². The molecule has 2 fully saturated rings. The average Bonchev–Trinajstić information content (AvgIpc) is 2.39. The Balaban J connectivity index is 2.61. The van der Waals surface area contributed by atoms with Crippen LogP contribution in [-0.4, -0.2) is 22.4 Å². The van der Waals surface area contributed by atoms with Gasteiger partial charge in [-0.25, -0.2) is 0 Å². The van der Waals surface area contributed by atoms with Gasteiger partial charge in [-0.3, -0.25) is 0 Å². The highest BCUT2D eigenvalue weighted by atomic mass is 16.3. The van der Waals surface area contributed by atoms with Crippen molar-refractivity contribution in [1.29, 1.82) is 5.26 Å². The van der Waals surface area contributed by atoms with Crippen LogP contribution in [-0.2, 0) is 0 Å². The summed E-state index contributed by atoms with van der Waals surface area (Å²) in [6.45, 7) is 5.96. The lowest BCUT2D eigenvalue weighted by atomic mass is 9.65. The maximum atomic E-state index is 9.98. The van der Waals surface area contributed by atoms with Crippen molar-refractivity contribution in [2.24, 2.45) is 16.2 Å². The highest BCUT2D eigenvalue weighted by Crippen LogP contribution is 2.71. The van der Waals surface area contributed by atoms with Crippen molar-refractivity contribution in [3.8, 4) is 6.07 Å². The van der Waals surface area contributed by atoms with Gasteiger partial charge in [-0.15, -0.1) is 0 Å². The van der Waals surface area contributed by atoms with E-state index >= 15 is 0 Å². The molecule has 3 nitrogen and oxygen atoms in total. The van der Waals surface area contributed by atoms with Gasteiger partial charge in [0.2, 0.25) is 0 Å². The zero-order chi connectivity index (χ0) is 10.8. The van der Waals surface area contributed by atoms with Crippen LogP contribution in [0.3, 0.4) is 0 Å². The Kier molecular flexibility index (Phi) is 1.65. The highest BCUT2D eigenvalue weighted by Gasteiger charge is 2.74. The Labute approximate surface area is 84.4 Å². The number of rotatable bonds is 0. The molecule has 0 amide bonds. The predicted octanol–water partition coefficient (Wildman–Crippen LogP) is 1.06. The van der Waals surface area contributed by atoms with Crippen LogP contribution < -0.4 is 0 Å². The van der Waals surface area contributed by atoms with Crippen LogP contribution in [0.2, 0.25) is 0 Å². The fraction of sp³-hybridized carbons (Fsp3) is 0.909. The minimum absolute atomic E-state index is 0.312. The molecule has 2 N–H and O–H groups in total. The molecule has 0 radical (unpaired) electrons. The number of hydrogen-bond donors (Lipinski definition) is 2. The maximum absolute atomic E-state index is 9.98. The minimum Gasteiger partial charge on any atom is -0.390 e. The van der Waals surface area contributed by atoms with Gasteiger partial charge < -0.3 is 10.2 Å². The van der Waals surface area contributed by atoms with E-state index < -0.39 is 17.6 Å². The maximum Gasteiger partial charge on any atom is 0.0995 e. The average molecular weight is 195 g/mol. The number of nitriles is 1. The van der Waals surface area contributed by atoms with E-state index in [1.54, 1.807) is 0 Å². The molecule has 0 spiro atoms. The normalized spacial score (nSPS) is 54.6. The van der Waals surface area contributed by atoms with Gasteiger partial charge in [-0.2, -0.15) is 5.26 Å². The van der Waals surface area contributed by atoms with E-state index in [2.05, 4.69) is 6.07 Å². The van der Waals surface area contributed by atoms with Crippen molar-refractivity contribution in [2.75, 3.05) is 0 Å². The fourth-order valence-corrected chi connectivity index (χ4v) is 3.51. The minimum atomic E-state index is -0.888. The van der Waals surface area contributed by atoms with Gasteiger partial charge in [0, 0.05) is 5.41 Å². The summed E-state index contributed by atoms with van der Waals surface area (Å²) >= 11 is 0. The third-order valence-electron chi connectivity index (χ3n) is 5.24. The van der Waals surface area contributed by atoms with Gasteiger partial charge in [-0.1, -0.05) is 20.8 Å². The first-order valence-corrected chi connectivity index (χ1v) is 5.11. The molecule has 2 saturated carbocycles. The molecule has 14 heavy (non-hydrogen) atoms. The number of aliphatic hydroxyl groups is 2. The van der Waals surface area contributed by atoms with Crippen LogP contribution in [0.25, 0.3) is 0 Å². The number of hydrogen-bond acceptors (Lipinski definition) is 3. The molecule has 0 aromatic heterocycles. The second-order valence-corrected chi connectivity index (χ2v) is 5.52. The summed E-state index contributed by atoms with van der Waals surface area (Å²) in [5.41, 5.74) is -1.38. The second kappa shape index (κ2) is 2.32. The zero-order valence-corrected chi connectivity index (χ0v) is 8.91. The van der Waals surface area contributed by atoms with E-state index in [1.807, 2.05) is 20.8 Å². The van der Waals surface area contributed by atoms with Crippen LogP contribution in [0.4, 0.5) is 0 Å². The van der Waals surface area contributed by atoms with Gasteiger partial charge in [0.1, 0.15) is 0 Å². The van der Waals surface area contributed by atoms with Crippen molar-refractivity contribution >= 4 is 0 Å². The van der Waals surface area contributed by atoms with Crippen LogP contribution in [0.15, 0.2) is 0 Å². The molecule has 3 heteroatoms. The molecule has 78 valence electrons. The Morgan fingerprint density at radius 3 is 2.00 bits per heavy atom. The van der Waals surface area contributed by atoms with Crippen molar-refractivity contribution < 1.29 is 10.2 Å². The molecule has 0 aromatic rings. The van der Waals surface area contributed by atoms with Crippen LogP contribution >= 0.6 is 0 Å². The smallest absolute Gasteiger partial charge is 0.0995 e. The number of aliphatic hydroxyl groups excluding tert-OH is 2. The summed E-state index contributed by atoms with van der Waals surface area (Å²) in [7, 11) is 0. The monoisotopic (exact) mass is 195 g/mol. The number of fused-ring (bicyclic) bond motifs is 2. The molecular weight excluding hydrogens is 178 g/mol. The summed E-state index contributed by atoms with van der Waals surface area (Å²) in [6, 6.07) is 2.25. The van der Waals surface area contributed by atoms with Gasteiger partial charge in [0.15, 0.2) is 0 Å². The van der Waals surface area contributed by atoms with E-state index in [4.69, 9.17) is 0 Å². The lowest BCUT2D eigenvalue weighted by Crippen LogP contribution is -2.41. The molecule has 0 saturated heterocycles. The van der Waals surface area contributed by atoms with Crippen LogP contribution in [0.1, 0.15) is 33.6 Å². The van der Waals surface area contributed by atoms with Crippen molar-refractivity contribution in [2.45, 2.75) is 45.8 Å². The molecule has 2 rings (SSSR count). The summed E-state index contributed by atoms with van der Waals surface area (Å²) in [5, 5.41) is 29.2. The van der Waals surface area contributed by atoms with E-state index in [-0.39, 0.29) is 10.8 Å². The van der Waals surface area contributed by atoms with Gasteiger partial charge in [0.25, 0.3) is 0 Å². The lowest BCUT2D eigenvalue weighted by Gasteiger charge is -2.37. The molecule has 0 aliphatic heterocycles. The second-order valence-electron chi connectivity index (χ2n) is 5.52. The van der Waals surface area contributed by atoms with E-state index in [1.165, 1.54) is 0 Å². The Hall–Kier alpha value is -0.590. The molecule has 0 unspecified atom stereocenters. The Morgan fingerprint density at radius 2 is 1.71 bits per heavy atom. The number of nitrogens with zero attached hydrogens (tertiary/aromatic N) is 1. The molecule has 0 aromatic carbocycles. The first kappa shape index (κ1) is 9.95. The SMILES string of the molecule is CC1(C)[C@]2(C)CC[C@]1(C#N)[C@@H](O)[C@@H]2O. The molecular formula is C11H17NO2. The standard InChI is InChI=1S/C11H17NO2/c1-9(2)10(3)4-5-11(9,6-12)8(14)7(10)13/h7-8,13-14H,4-5H2,1-3H3/t7-,8-,10+,11-/m0/s1. The van der Waals surface area contributed by atoms with Crippen molar-refractivity contribution in [3.05, 3.63) is 0 Å². The summed E-state index contributed by atoms with van der Waals surface area (Å²) in [4.78, 5) is 0. The topological polar surface area (TPSA) is 64.2 Å². The Bertz CT molecular complexity index is 320. The van der Waals surface area contributed by atoms with Crippen molar-refractivity contribution in [3.63, 3.8) is 0 Å². The molecule has 4 atom stereocenters. The molecule has 2 aliphatic carbocycles. The lowest BCUT2D eigenvalue weighted by molar-refractivity contribution is -0.0594. The first-order valence-electron chi connectivity index (χ1n) is 5.11. The largest absolute Gasteiger partial charge is 0.390 e. The fourth-order valence-electron chi connectivity index (χ4n) is 3.51. The van der Waals surface area contributed by atoms with Gasteiger partial charge >= 0.3 is 0 Å². The van der Waals surface area contributed by atoms with E-state index in [0.717, 1.165) is 6.42 Å². The highest BCUT2D eigenvalue weighted by molar-refractivity contribution is 5.29. The summed E-state index contributed by atoms with van der Waals surface area (Å²) in [5.74, 6) is 0.